The van der Waals surface area contributed by atoms with Crippen molar-refractivity contribution in [2.75, 3.05) is 27.9 Å². The number of ether oxygens (including phenoxy) is 1. The lowest BCUT2D eigenvalue weighted by atomic mass is 10.2. The van der Waals surface area contributed by atoms with Crippen LogP contribution in [0.2, 0.25) is 0 Å². The van der Waals surface area contributed by atoms with Crippen LogP contribution in [0, 0.1) is 0 Å². The molecule has 4 nitrogen and oxygen atoms in total. The van der Waals surface area contributed by atoms with Crippen LogP contribution in [0.25, 0.3) is 0 Å². The Balaban J connectivity index is 2.60. The summed E-state index contributed by atoms with van der Waals surface area (Å²) < 4.78 is 21.6. The largest absolute Gasteiger partial charge is 0.530 e. The van der Waals surface area contributed by atoms with E-state index in [1.807, 2.05) is 0 Å². The van der Waals surface area contributed by atoms with Crippen LogP contribution < -0.4 is 0 Å². The summed E-state index contributed by atoms with van der Waals surface area (Å²) in [5.41, 5.74) is 0.0150. The maximum Gasteiger partial charge on any atom is 0.530 e. The van der Waals surface area contributed by atoms with Gasteiger partial charge in [-0.15, -0.1) is 0 Å². The van der Waals surface area contributed by atoms with E-state index in [0.29, 0.717) is 0 Å². The van der Waals surface area contributed by atoms with Crippen molar-refractivity contribution in [2.24, 2.45) is 0 Å². The van der Waals surface area contributed by atoms with E-state index in [0.717, 1.165) is 25.9 Å². The van der Waals surface area contributed by atoms with Gasteiger partial charge in [0.25, 0.3) is 0 Å². The highest BCUT2D eigenvalue weighted by molar-refractivity contribution is 6.62. The molecule has 0 spiro atoms. The zero-order valence-electron chi connectivity index (χ0n) is 8.54. The molecule has 0 aromatic rings. The molecule has 1 rings (SSSR count). The zero-order chi connectivity index (χ0) is 9.73. The fourth-order valence-electron chi connectivity index (χ4n) is 1.66. The zero-order valence-corrected chi connectivity index (χ0v) is 9.54. The van der Waals surface area contributed by atoms with Crippen LogP contribution in [0.15, 0.2) is 0 Å². The minimum atomic E-state index is -2.54. The smallest absolute Gasteiger partial charge is 0.375 e. The molecule has 1 aliphatic rings. The maximum absolute atomic E-state index is 5.60. The molecule has 0 bridgehead atoms. The molecule has 1 heterocycles. The van der Waals surface area contributed by atoms with E-state index in [2.05, 4.69) is 0 Å². The van der Waals surface area contributed by atoms with E-state index in [4.69, 9.17) is 18.0 Å². The third-order valence-corrected chi connectivity index (χ3v) is 5.38. The second kappa shape index (κ2) is 5.07. The minimum Gasteiger partial charge on any atom is -0.375 e. The lowest BCUT2D eigenvalue weighted by Crippen LogP contribution is -2.56. The van der Waals surface area contributed by atoms with Crippen molar-refractivity contribution in [1.29, 1.82) is 0 Å². The average Bonchev–Trinajstić information content (AvgIpc) is 2.23. The van der Waals surface area contributed by atoms with Gasteiger partial charge in [0.2, 0.25) is 0 Å². The average molecular weight is 206 g/mol. The van der Waals surface area contributed by atoms with Gasteiger partial charge in [-0.2, -0.15) is 0 Å². The molecule has 1 saturated heterocycles. The van der Waals surface area contributed by atoms with Crippen LogP contribution in [0.3, 0.4) is 0 Å². The summed E-state index contributed by atoms with van der Waals surface area (Å²) in [6, 6.07) is 0. The molecule has 13 heavy (non-hydrogen) atoms. The van der Waals surface area contributed by atoms with Gasteiger partial charge < -0.3 is 18.0 Å². The number of hydrogen-bond acceptors (Lipinski definition) is 4. The second-order valence-electron chi connectivity index (χ2n) is 3.07. The van der Waals surface area contributed by atoms with Gasteiger partial charge in [0.05, 0.1) is 0 Å². The first-order valence-corrected chi connectivity index (χ1v) is 6.36. The van der Waals surface area contributed by atoms with Gasteiger partial charge in [0, 0.05) is 27.9 Å². The molecule has 5 heteroatoms. The highest BCUT2D eigenvalue weighted by Crippen LogP contribution is 2.23. The van der Waals surface area contributed by atoms with Crippen molar-refractivity contribution in [1.82, 2.24) is 0 Å². The van der Waals surface area contributed by atoms with Gasteiger partial charge in [-0.1, -0.05) is 0 Å². The molecule has 1 atom stereocenters. The first kappa shape index (κ1) is 11.1. The van der Waals surface area contributed by atoms with Crippen LogP contribution in [0.4, 0.5) is 0 Å². The lowest BCUT2D eigenvalue weighted by Gasteiger charge is -2.34. The summed E-state index contributed by atoms with van der Waals surface area (Å²) in [5.74, 6) is 0. The van der Waals surface area contributed by atoms with Gasteiger partial charge in [0.1, 0.15) is 5.73 Å². The molecular weight excluding hydrogens is 188 g/mol. The van der Waals surface area contributed by atoms with Gasteiger partial charge in [-0.3, -0.25) is 0 Å². The minimum absolute atomic E-state index is 0.0150. The number of rotatable bonds is 4. The molecule has 0 aromatic carbocycles. The SMILES string of the molecule is CO[Si](OC)(OC)C1CCCCO1. The normalized spacial score (nSPS) is 24.7. The first-order chi connectivity index (χ1) is 6.29. The van der Waals surface area contributed by atoms with Crippen molar-refractivity contribution in [3.05, 3.63) is 0 Å². The molecule has 78 valence electrons. The third-order valence-electron chi connectivity index (χ3n) is 2.43. The van der Waals surface area contributed by atoms with E-state index in [-0.39, 0.29) is 5.73 Å². The molecule has 0 N–H and O–H groups in total. The maximum atomic E-state index is 5.60. The fraction of sp³-hybridized carbons (Fsp3) is 1.00. The molecule has 0 saturated carbocycles. The monoisotopic (exact) mass is 206 g/mol. The Morgan fingerprint density at radius 1 is 1.08 bits per heavy atom. The summed E-state index contributed by atoms with van der Waals surface area (Å²) >= 11 is 0. The van der Waals surface area contributed by atoms with Crippen LogP contribution in [0.1, 0.15) is 19.3 Å². The topological polar surface area (TPSA) is 36.9 Å². The van der Waals surface area contributed by atoms with Crippen molar-refractivity contribution in [3.63, 3.8) is 0 Å². The third kappa shape index (κ3) is 2.29. The van der Waals surface area contributed by atoms with Crippen LogP contribution in [0.5, 0.6) is 0 Å². The predicted molar refractivity (Wildman–Crippen MR) is 50.4 cm³/mol. The molecule has 1 unspecified atom stereocenters. The van der Waals surface area contributed by atoms with E-state index in [9.17, 15) is 0 Å². The van der Waals surface area contributed by atoms with Crippen LogP contribution in [-0.4, -0.2) is 42.5 Å². The van der Waals surface area contributed by atoms with Gasteiger partial charge in [-0.25, -0.2) is 0 Å². The Kier molecular flexibility index (Phi) is 4.34. The Bertz CT molecular complexity index is 135. The molecular formula is C8H18O4Si. The van der Waals surface area contributed by atoms with Crippen LogP contribution in [-0.2, 0) is 18.0 Å². The fourth-order valence-corrected chi connectivity index (χ4v) is 3.83. The van der Waals surface area contributed by atoms with Gasteiger partial charge in [-0.05, 0) is 19.3 Å². The van der Waals surface area contributed by atoms with E-state index in [1.54, 1.807) is 21.3 Å². The number of hydrogen-bond donors (Lipinski definition) is 0. The Morgan fingerprint density at radius 3 is 2.08 bits per heavy atom. The summed E-state index contributed by atoms with van der Waals surface area (Å²) in [4.78, 5) is 0. The van der Waals surface area contributed by atoms with Crippen molar-refractivity contribution in [2.45, 2.75) is 25.0 Å². The van der Waals surface area contributed by atoms with E-state index < -0.39 is 8.80 Å². The quantitative estimate of drug-likeness (QED) is 0.642. The second-order valence-corrected chi connectivity index (χ2v) is 6.15. The van der Waals surface area contributed by atoms with Gasteiger partial charge in [0.15, 0.2) is 0 Å². The van der Waals surface area contributed by atoms with E-state index in [1.165, 1.54) is 0 Å². The molecule has 0 aliphatic carbocycles. The first-order valence-electron chi connectivity index (χ1n) is 4.56. The lowest BCUT2D eigenvalue weighted by molar-refractivity contribution is -0.00967. The van der Waals surface area contributed by atoms with Crippen LogP contribution >= 0.6 is 0 Å². The molecule has 0 amide bonds. The highest BCUT2D eigenvalue weighted by Gasteiger charge is 2.48. The molecule has 0 aromatic heterocycles. The molecule has 1 fully saturated rings. The van der Waals surface area contributed by atoms with Crippen molar-refractivity contribution >= 4 is 8.80 Å². The summed E-state index contributed by atoms with van der Waals surface area (Å²) in [6.45, 7) is 0.787. The van der Waals surface area contributed by atoms with E-state index >= 15 is 0 Å². The summed E-state index contributed by atoms with van der Waals surface area (Å²) in [5, 5.41) is 0. The Labute approximate surface area is 80.5 Å². The van der Waals surface area contributed by atoms with Crippen molar-refractivity contribution in [3.8, 4) is 0 Å². The molecule has 1 aliphatic heterocycles. The predicted octanol–water partition coefficient (Wildman–Crippen LogP) is 0.973. The Hall–Kier alpha value is 0.0569. The Morgan fingerprint density at radius 2 is 1.69 bits per heavy atom. The van der Waals surface area contributed by atoms with Gasteiger partial charge >= 0.3 is 8.80 Å². The summed E-state index contributed by atoms with van der Waals surface area (Å²) in [7, 11) is 2.33. The highest BCUT2D eigenvalue weighted by atomic mass is 28.4. The standard InChI is InChI=1S/C8H18O4Si/c1-9-13(10-2,11-3)8-6-4-5-7-12-8/h8H,4-7H2,1-3H3. The van der Waals surface area contributed by atoms with Crippen molar-refractivity contribution < 1.29 is 18.0 Å². The summed E-state index contributed by atoms with van der Waals surface area (Å²) in [6.07, 6.45) is 3.26. The molecule has 0 radical (unpaired) electrons.